The smallest absolute Gasteiger partial charge is 0.161 e. The fourth-order valence-corrected chi connectivity index (χ4v) is 8.13. The Balaban J connectivity index is 0.961. The van der Waals surface area contributed by atoms with E-state index in [2.05, 4.69) is 0 Å². The summed E-state index contributed by atoms with van der Waals surface area (Å²) in [7, 11) is 0. The van der Waals surface area contributed by atoms with Crippen LogP contribution in [0.25, 0.3) is 0 Å². The number of aliphatic hydroxyl groups excluding tert-OH is 6. The maximum Gasteiger partial charge on any atom is 0.161 e. The largest absolute Gasteiger partial charge is 0.390 e. The van der Waals surface area contributed by atoms with E-state index in [-0.39, 0.29) is 37.9 Å². The maximum absolute atomic E-state index is 11.0. The molecule has 6 saturated heterocycles. The second-order valence-corrected chi connectivity index (χ2v) is 15.7. The third-order valence-electron chi connectivity index (χ3n) is 11.4. The lowest BCUT2D eigenvalue weighted by molar-refractivity contribution is -0.339. The summed E-state index contributed by atoms with van der Waals surface area (Å²) < 4.78 is 66.1. The monoisotopic (exact) mass is 766 g/mol. The molecule has 17 heteroatoms. The molecule has 0 aromatic heterocycles. The van der Waals surface area contributed by atoms with E-state index >= 15 is 0 Å². The molecule has 0 aromatic rings. The molecule has 0 aliphatic carbocycles. The van der Waals surface area contributed by atoms with Gasteiger partial charge in [0.25, 0.3) is 0 Å². The van der Waals surface area contributed by atoms with E-state index in [1.54, 1.807) is 34.6 Å². The van der Waals surface area contributed by atoms with Crippen LogP contribution in [0.5, 0.6) is 0 Å². The van der Waals surface area contributed by atoms with Gasteiger partial charge in [-0.15, -0.1) is 0 Å². The highest BCUT2D eigenvalue weighted by Gasteiger charge is 2.46. The predicted molar refractivity (Wildman–Crippen MR) is 180 cm³/mol. The lowest BCUT2D eigenvalue weighted by atomic mass is 9.99. The van der Waals surface area contributed by atoms with Gasteiger partial charge in [-0.3, -0.25) is 0 Å². The molecule has 6 aliphatic rings. The molecule has 6 aliphatic heterocycles. The van der Waals surface area contributed by atoms with Crippen molar-refractivity contribution < 1.29 is 82.7 Å². The van der Waals surface area contributed by atoms with Gasteiger partial charge in [0.1, 0.15) is 24.4 Å². The van der Waals surface area contributed by atoms with Gasteiger partial charge in [0.05, 0.1) is 73.2 Å². The van der Waals surface area contributed by atoms with Crippen LogP contribution in [-0.2, 0) is 52.1 Å². The van der Waals surface area contributed by atoms with Crippen LogP contribution in [0.2, 0.25) is 0 Å². The molecule has 0 spiro atoms. The van der Waals surface area contributed by atoms with Gasteiger partial charge in [-0.2, -0.15) is 0 Å². The van der Waals surface area contributed by atoms with Crippen LogP contribution >= 0.6 is 0 Å². The Morgan fingerprint density at radius 1 is 0.358 bits per heavy atom. The van der Waals surface area contributed by atoms with Gasteiger partial charge >= 0.3 is 0 Å². The first-order chi connectivity index (χ1) is 25.1. The van der Waals surface area contributed by atoms with E-state index in [0.29, 0.717) is 25.7 Å². The third-order valence-corrected chi connectivity index (χ3v) is 11.4. The predicted octanol–water partition coefficient (Wildman–Crippen LogP) is 0.299. The van der Waals surface area contributed by atoms with Crippen LogP contribution in [0.3, 0.4) is 0 Å². The summed E-state index contributed by atoms with van der Waals surface area (Å²) in [6.07, 6.45) is -12.2. The molecule has 6 rings (SSSR count). The molecule has 0 amide bonds. The van der Waals surface area contributed by atoms with Crippen molar-refractivity contribution in [3.63, 3.8) is 0 Å². The minimum atomic E-state index is -1.06. The minimum Gasteiger partial charge on any atom is -0.390 e. The van der Waals surface area contributed by atoms with E-state index in [1.165, 1.54) is 0 Å². The zero-order chi connectivity index (χ0) is 38.1. The Bertz CT molecular complexity index is 1130. The van der Waals surface area contributed by atoms with E-state index in [1.807, 2.05) is 6.92 Å². The summed E-state index contributed by atoms with van der Waals surface area (Å²) in [5.74, 6) is 0. The molecule has 0 radical (unpaired) electrons. The SMILES string of the molecule is C[C@@H]1O[C@@H](O[C@@H]2C[C@H](O[C@@H]3C[C@H](O)O[C@H](C)[C@H]3O)O[C@H](C)[C@H]2O)CC[C@@H]1O[C@H]1C[C@@H](O[C@H]2C[C@@H](O)[C@H](O[C@H]3CC[C@H](O)[C@H](C)O3)[C@@H](C)O2)[C@H](O)[C@@H](C)O1. The summed E-state index contributed by atoms with van der Waals surface area (Å²) in [5.41, 5.74) is 0. The highest BCUT2D eigenvalue weighted by atomic mass is 16.8. The Morgan fingerprint density at radius 3 is 1.36 bits per heavy atom. The summed E-state index contributed by atoms with van der Waals surface area (Å²) in [6, 6.07) is 0. The first kappa shape index (κ1) is 41.9. The molecule has 6 N–H and O–H groups in total. The first-order valence-corrected chi connectivity index (χ1v) is 19.4. The Kier molecular flexibility index (Phi) is 14.5. The molecule has 6 heterocycles. The number of ether oxygens (including phenoxy) is 11. The van der Waals surface area contributed by atoms with Crippen LogP contribution in [0.15, 0.2) is 0 Å². The number of rotatable bonds is 10. The lowest BCUT2D eigenvalue weighted by Crippen LogP contribution is -2.55. The molecule has 22 atom stereocenters. The second-order valence-electron chi connectivity index (χ2n) is 15.7. The van der Waals surface area contributed by atoms with E-state index in [0.717, 1.165) is 0 Å². The fourth-order valence-electron chi connectivity index (χ4n) is 8.13. The number of hydrogen-bond acceptors (Lipinski definition) is 17. The van der Waals surface area contributed by atoms with Crippen LogP contribution < -0.4 is 0 Å². The third kappa shape index (κ3) is 10.4. The molecular formula is C36H62O17. The molecule has 53 heavy (non-hydrogen) atoms. The molecule has 6 fully saturated rings. The normalized spacial score (nSPS) is 53.0. The summed E-state index contributed by atoms with van der Waals surface area (Å²) in [6.45, 7) is 10.6. The van der Waals surface area contributed by atoms with Crippen molar-refractivity contribution >= 4 is 0 Å². The zero-order valence-electron chi connectivity index (χ0n) is 31.5. The van der Waals surface area contributed by atoms with Crippen molar-refractivity contribution in [2.24, 2.45) is 0 Å². The number of aliphatic hydroxyl groups is 6. The van der Waals surface area contributed by atoms with Gasteiger partial charge in [0.15, 0.2) is 37.7 Å². The maximum atomic E-state index is 11.0. The topological polar surface area (TPSA) is 223 Å². The minimum absolute atomic E-state index is 0.0872. The zero-order valence-corrected chi connectivity index (χ0v) is 31.5. The van der Waals surface area contributed by atoms with Crippen molar-refractivity contribution in [3.05, 3.63) is 0 Å². The van der Waals surface area contributed by atoms with Crippen molar-refractivity contribution in [2.75, 3.05) is 0 Å². The fraction of sp³-hybridized carbons (Fsp3) is 1.00. The molecule has 17 nitrogen and oxygen atoms in total. The van der Waals surface area contributed by atoms with Crippen molar-refractivity contribution in [1.82, 2.24) is 0 Å². The highest BCUT2D eigenvalue weighted by molar-refractivity contribution is 4.89. The first-order valence-electron chi connectivity index (χ1n) is 19.4. The van der Waals surface area contributed by atoms with Gasteiger partial charge in [-0.1, -0.05) is 0 Å². The molecule has 308 valence electrons. The van der Waals surface area contributed by atoms with Gasteiger partial charge in [0, 0.05) is 38.5 Å². The standard InChI is InChI=1S/C36H62O17/c1-15-21(37)7-9-29(44-15)53-36-20(6)48-30(11-22(36)38)52-26-14-31(46-19(5)35(26)42)49-23-8-10-28(45-16(23)2)50-25-13-32(47-18(4)34(25)41)51-24-12-27(39)43-17(3)33(24)40/h15-42H,7-14H2,1-6H3/t15-,16-,17+,18+,19+,20+,21-,22+,23-,24+,25+,26+,27+,28-,29-,30-,31-,32-,33+,34+,35+,36+/m0/s1. The quantitative estimate of drug-likeness (QED) is 0.176. The molecule has 0 unspecified atom stereocenters. The van der Waals surface area contributed by atoms with Gasteiger partial charge < -0.3 is 82.7 Å². The van der Waals surface area contributed by atoms with E-state index in [9.17, 15) is 30.6 Å². The summed E-state index contributed by atoms with van der Waals surface area (Å²) in [4.78, 5) is 0. The molecule has 0 bridgehead atoms. The van der Waals surface area contributed by atoms with Crippen LogP contribution in [0, 0.1) is 0 Å². The van der Waals surface area contributed by atoms with Crippen LogP contribution in [0.4, 0.5) is 0 Å². The van der Waals surface area contributed by atoms with Gasteiger partial charge in [0.2, 0.25) is 0 Å². The average molecular weight is 767 g/mol. The van der Waals surface area contributed by atoms with Crippen LogP contribution in [0.1, 0.15) is 92.9 Å². The Labute approximate surface area is 310 Å². The van der Waals surface area contributed by atoms with Gasteiger partial charge in [-0.25, -0.2) is 0 Å². The van der Waals surface area contributed by atoms with Crippen molar-refractivity contribution in [1.29, 1.82) is 0 Å². The summed E-state index contributed by atoms with van der Waals surface area (Å²) in [5, 5.41) is 63.3. The highest BCUT2D eigenvalue weighted by Crippen LogP contribution is 2.35. The average Bonchev–Trinajstić information content (AvgIpc) is 3.08. The molecular weight excluding hydrogens is 704 g/mol. The number of hydrogen-bond donors (Lipinski definition) is 6. The van der Waals surface area contributed by atoms with Crippen molar-refractivity contribution in [3.8, 4) is 0 Å². The second kappa shape index (κ2) is 18.3. The molecule has 0 aromatic carbocycles. The van der Waals surface area contributed by atoms with E-state index in [4.69, 9.17) is 52.1 Å². The van der Waals surface area contributed by atoms with E-state index < -0.39 is 123 Å². The van der Waals surface area contributed by atoms with Crippen molar-refractivity contribution in [2.45, 2.75) is 228 Å². The summed E-state index contributed by atoms with van der Waals surface area (Å²) >= 11 is 0. The lowest BCUT2D eigenvalue weighted by Gasteiger charge is -2.45. The molecule has 0 saturated carbocycles. The Morgan fingerprint density at radius 2 is 0.792 bits per heavy atom. The van der Waals surface area contributed by atoms with Crippen LogP contribution in [-0.4, -0.2) is 166 Å². The Hall–Kier alpha value is -0.680. The van der Waals surface area contributed by atoms with Gasteiger partial charge in [-0.05, 0) is 54.4 Å².